The smallest absolute Gasteiger partial charge is 0.297 e. The van der Waals surface area contributed by atoms with Crippen LogP contribution in [-0.2, 0) is 0 Å². The van der Waals surface area contributed by atoms with Crippen molar-refractivity contribution in [3.8, 4) is 0 Å². The van der Waals surface area contributed by atoms with E-state index in [4.69, 9.17) is 0 Å². The number of likely N-dealkylation sites (N-methyl/N-ethyl adjacent to an activating group) is 1. The predicted molar refractivity (Wildman–Crippen MR) is 83.4 cm³/mol. The van der Waals surface area contributed by atoms with Gasteiger partial charge < -0.3 is 9.80 Å². The number of halogens is 2. The van der Waals surface area contributed by atoms with Gasteiger partial charge in [0.15, 0.2) is 5.82 Å². The van der Waals surface area contributed by atoms with Crippen LogP contribution in [0.5, 0.6) is 0 Å². The second-order valence-electron chi connectivity index (χ2n) is 5.69. The molecule has 1 aromatic carbocycles. The molecule has 0 aliphatic carbocycles. The molecule has 118 valence electrons. The predicted octanol–water partition coefficient (Wildman–Crippen LogP) is 3.10. The van der Waals surface area contributed by atoms with Crippen molar-refractivity contribution in [1.29, 1.82) is 0 Å². The summed E-state index contributed by atoms with van der Waals surface area (Å²) >= 11 is 0. The molecule has 1 saturated heterocycles. The molecule has 1 aromatic heterocycles. The van der Waals surface area contributed by atoms with Gasteiger partial charge in [-0.05, 0) is 32.1 Å². The van der Waals surface area contributed by atoms with Crippen molar-refractivity contribution in [3.05, 3.63) is 30.1 Å². The van der Waals surface area contributed by atoms with Crippen LogP contribution in [0, 0.1) is 0 Å². The standard InChI is InChI=1S/C16H20F2N4/c1-3-21(2)11-8-9-22(10-11)16-12-6-4-5-7-13(12)19-15(20-16)14(17)18/h4-7,11,14H,3,8-10H2,1-2H3. The van der Waals surface area contributed by atoms with Crippen molar-refractivity contribution in [2.45, 2.75) is 25.8 Å². The molecule has 1 fully saturated rings. The molecule has 0 spiro atoms. The highest BCUT2D eigenvalue weighted by molar-refractivity contribution is 5.89. The minimum atomic E-state index is -2.65. The fraction of sp³-hybridized carbons (Fsp3) is 0.500. The largest absolute Gasteiger partial charge is 0.354 e. The third kappa shape index (κ3) is 2.75. The molecule has 1 atom stereocenters. The normalized spacial score (nSPS) is 18.8. The molecule has 4 nitrogen and oxygen atoms in total. The Labute approximate surface area is 128 Å². The molecule has 6 heteroatoms. The first-order chi connectivity index (χ1) is 10.6. The zero-order valence-corrected chi connectivity index (χ0v) is 12.8. The molecule has 0 saturated carbocycles. The van der Waals surface area contributed by atoms with Crippen molar-refractivity contribution < 1.29 is 8.78 Å². The van der Waals surface area contributed by atoms with Gasteiger partial charge in [0.05, 0.1) is 5.52 Å². The fourth-order valence-corrected chi connectivity index (χ4v) is 2.97. The van der Waals surface area contributed by atoms with Crippen molar-refractivity contribution >= 4 is 16.7 Å². The number of para-hydroxylation sites is 1. The summed E-state index contributed by atoms with van der Waals surface area (Å²) in [4.78, 5) is 12.5. The third-order valence-corrected chi connectivity index (χ3v) is 4.38. The molecular weight excluding hydrogens is 286 g/mol. The second-order valence-corrected chi connectivity index (χ2v) is 5.69. The summed E-state index contributed by atoms with van der Waals surface area (Å²) in [6.07, 6.45) is -1.63. The van der Waals surface area contributed by atoms with Gasteiger partial charge >= 0.3 is 0 Å². The SMILES string of the molecule is CCN(C)C1CCN(c2nc(C(F)F)nc3ccccc23)C1. The van der Waals surface area contributed by atoms with Crippen LogP contribution in [0.1, 0.15) is 25.6 Å². The third-order valence-electron chi connectivity index (χ3n) is 4.38. The molecule has 2 aromatic rings. The lowest BCUT2D eigenvalue weighted by atomic mass is 10.2. The number of alkyl halides is 2. The average molecular weight is 306 g/mol. The molecule has 1 unspecified atom stereocenters. The van der Waals surface area contributed by atoms with Crippen molar-refractivity contribution in [2.75, 3.05) is 31.6 Å². The first-order valence-electron chi connectivity index (χ1n) is 7.60. The van der Waals surface area contributed by atoms with E-state index in [1.165, 1.54) is 0 Å². The summed E-state index contributed by atoms with van der Waals surface area (Å²) in [7, 11) is 2.09. The molecule has 1 aliphatic heterocycles. The molecule has 0 N–H and O–H groups in total. The minimum Gasteiger partial charge on any atom is -0.354 e. The Bertz CT molecular complexity index is 662. The number of anilines is 1. The maximum Gasteiger partial charge on any atom is 0.297 e. The van der Waals surface area contributed by atoms with Crippen LogP contribution in [-0.4, -0.2) is 47.6 Å². The van der Waals surface area contributed by atoms with Gasteiger partial charge in [0.25, 0.3) is 6.43 Å². The number of hydrogen-bond donors (Lipinski definition) is 0. The molecule has 1 aliphatic rings. The second kappa shape index (κ2) is 6.12. The zero-order chi connectivity index (χ0) is 15.7. The van der Waals surface area contributed by atoms with E-state index in [9.17, 15) is 8.78 Å². The average Bonchev–Trinajstić information content (AvgIpc) is 3.02. The van der Waals surface area contributed by atoms with Gasteiger partial charge in [0, 0.05) is 24.5 Å². The van der Waals surface area contributed by atoms with Crippen LogP contribution < -0.4 is 4.90 Å². The lowest BCUT2D eigenvalue weighted by molar-refractivity contribution is 0.141. The lowest BCUT2D eigenvalue weighted by Crippen LogP contribution is -2.34. The van der Waals surface area contributed by atoms with Crippen molar-refractivity contribution in [2.24, 2.45) is 0 Å². The Morgan fingerprint density at radius 2 is 2.09 bits per heavy atom. The molecule has 0 bridgehead atoms. The van der Waals surface area contributed by atoms with Crippen LogP contribution >= 0.6 is 0 Å². The van der Waals surface area contributed by atoms with Gasteiger partial charge in [-0.25, -0.2) is 18.7 Å². The van der Waals surface area contributed by atoms with Gasteiger partial charge in [-0.3, -0.25) is 0 Å². The maximum absolute atomic E-state index is 13.1. The molecule has 22 heavy (non-hydrogen) atoms. The summed E-state index contributed by atoms with van der Waals surface area (Å²) in [5.74, 6) is 0.244. The van der Waals surface area contributed by atoms with E-state index in [1.807, 2.05) is 18.2 Å². The molecular formula is C16H20F2N4. The highest BCUT2D eigenvalue weighted by Gasteiger charge is 2.28. The Morgan fingerprint density at radius 3 is 2.82 bits per heavy atom. The van der Waals surface area contributed by atoms with E-state index in [2.05, 4.69) is 33.7 Å². The van der Waals surface area contributed by atoms with E-state index in [1.54, 1.807) is 6.07 Å². The molecule has 0 amide bonds. The summed E-state index contributed by atoms with van der Waals surface area (Å²) in [5, 5.41) is 0.840. The topological polar surface area (TPSA) is 32.3 Å². The molecule has 3 rings (SSSR count). The van der Waals surface area contributed by atoms with Crippen LogP contribution in [0.4, 0.5) is 14.6 Å². The highest BCUT2D eigenvalue weighted by Crippen LogP contribution is 2.30. The monoisotopic (exact) mass is 306 g/mol. The summed E-state index contributed by atoms with van der Waals surface area (Å²) < 4.78 is 26.1. The Morgan fingerprint density at radius 1 is 1.32 bits per heavy atom. The van der Waals surface area contributed by atoms with Gasteiger partial charge in [-0.2, -0.15) is 0 Å². The van der Waals surface area contributed by atoms with Gasteiger partial charge in [0.2, 0.25) is 0 Å². The lowest BCUT2D eigenvalue weighted by Gasteiger charge is -2.24. The Balaban J connectivity index is 1.99. The van der Waals surface area contributed by atoms with Gasteiger partial charge in [-0.15, -0.1) is 0 Å². The van der Waals surface area contributed by atoms with Crippen molar-refractivity contribution in [3.63, 3.8) is 0 Å². The quantitative estimate of drug-likeness (QED) is 0.869. The van der Waals surface area contributed by atoms with Gasteiger partial charge in [0.1, 0.15) is 5.82 Å². The zero-order valence-electron chi connectivity index (χ0n) is 12.8. The summed E-state index contributed by atoms with van der Waals surface area (Å²) in [6.45, 7) is 4.75. The van der Waals surface area contributed by atoms with Crippen LogP contribution in [0.15, 0.2) is 24.3 Å². The van der Waals surface area contributed by atoms with Crippen LogP contribution in [0.2, 0.25) is 0 Å². The fourth-order valence-electron chi connectivity index (χ4n) is 2.97. The first kappa shape index (κ1) is 15.1. The number of aromatic nitrogens is 2. The number of benzene rings is 1. The summed E-state index contributed by atoms with van der Waals surface area (Å²) in [6, 6.07) is 7.80. The molecule has 2 heterocycles. The summed E-state index contributed by atoms with van der Waals surface area (Å²) in [5.41, 5.74) is 0.579. The maximum atomic E-state index is 13.1. The Hall–Kier alpha value is -1.82. The van der Waals surface area contributed by atoms with E-state index >= 15 is 0 Å². The highest BCUT2D eigenvalue weighted by atomic mass is 19.3. The number of hydrogen-bond acceptors (Lipinski definition) is 4. The van der Waals surface area contributed by atoms with Gasteiger partial charge in [-0.1, -0.05) is 19.1 Å². The minimum absolute atomic E-state index is 0.388. The van der Waals surface area contributed by atoms with E-state index in [0.717, 1.165) is 31.4 Å². The van der Waals surface area contributed by atoms with E-state index < -0.39 is 6.43 Å². The Kier molecular flexibility index (Phi) is 4.20. The van der Waals surface area contributed by atoms with Crippen molar-refractivity contribution in [1.82, 2.24) is 14.9 Å². The first-order valence-corrected chi connectivity index (χ1v) is 7.60. The van der Waals surface area contributed by atoms with Crippen LogP contribution in [0.25, 0.3) is 10.9 Å². The number of rotatable bonds is 4. The van der Waals surface area contributed by atoms with Crippen LogP contribution in [0.3, 0.4) is 0 Å². The number of nitrogens with zero attached hydrogens (tertiary/aromatic N) is 4. The molecule has 0 radical (unpaired) electrons. The van der Waals surface area contributed by atoms with E-state index in [0.29, 0.717) is 17.4 Å². The van der Waals surface area contributed by atoms with E-state index in [-0.39, 0.29) is 5.82 Å². The number of fused-ring (bicyclic) bond motifs is 1.